The first kappa shape index (κ1) is 12.6. The van der Waals surface area contributed by atoms with Crippen LogP contribution in [0.15, 0.2) is 18.2 Å². The van der Waals surface area contributed by atoms with Crippen LogP contribution in [-0.2, 0) is 11.3 Å². The summed E-state index contributed by atoms with van der Waals surface area (Å²) in [5.41, 5.74) is 1.03. The van der Waals surface area contributed by atoms with Gasteiger partial charge in [-0.3, -0.25) is 4.79 Å². The molecule has 1 amide bonds. The number of hydrogen-bond acceptors (Lipinski definition) is 2. The van der Waals surface area contributed by atoms with Gasteiger partial charge in [0.2, 0.25) is 5.91 Å². The van der Waals surface area contributed by atoms with Crippen molar-refractivity contribution < 1.29 is 9.18 Å². The van der Waals surface area contributed by atoms with E-state index in [1.807, 2.05) is 6.07 Å². The molecule has 1 aromatic rings. The van der Waals surface area contributed by atoms with Gasteiger partial charge in [0, 0.05) is 19.5 Å². The molecule has 1 saturated heterocycles. The summed E-state index contributed by atoms with van der Waals surface area (Å²) in [6.07, 6.45) is 3.50. The van der Waals surface area contributed by atoms with Crippen LogP contribution in [0.3, 0.4) is 0 Å². The normalized spacial score (nSPS) is 16.2. The molecule has 1 aromatic carbocycles. The Morgan fingerprint density at radius 1 is 1.33 bits per heavy atom. The van der Waals surface area contributed by atoms with Gasteiger partial charge >= 0.3 is 0 Å². The number of amides is 1. The zero-order valence-corrected chi connectivity index (χ0v) is 10.2. The monoisotopic (exact) mass is 246 g/mol. The molecule has 0 aromatic heterocycles. The molecule has 0 atom stereocenters. The average molecular weight is 246 g/mol. The first-order valence-electron chi connectivity index (χ1n) is 6.17. The summed E-state index contributed by atoms with van der Waals surface area (Å²) < 4.78 is 13.2. The number of rotatable bonds is 2. The number of hydrogen-bond donors (Lipinski definition) is 0. The summed E-state index contributed by atoms with van der Waals surface area (Å²) in [5.74, 6) is -0.271. The van der Waals surface area contributed by atoms with Crippen molar-refractivity contribution in [2.45, 2.75) is 32.2 Å². The SMILES string of the molecule is N#Cc1ccc(F)cc1CN1CCCCCC1=O. The van der Waals surface area contributed by atoms with Crippen LogP contribution in [0.2, 0.25) is 0 Å². The lowest BCUT2D eigenvalue weighted by atomic mass is 10.1. The Morgan fingerprint density at radius 2 is 2.17 bits per heavy atom. The van der Waals surface area contributed by atoms with Gasteiger partial charge in [-0.1, -0.05) is 6.42 Å². The molecule has 0 N–H and O–H groups in total. The van der Waals surface area contributed by atoms with Crippen molar-refractivity contribution in [2.75, 3.05) is 6.54 Å². The van der Waals surface area contributed by atoms with E-state index >= 15 is 0 Å². The van der Waals surface area contributed by atoms with E-state index in [0.29, 0.717) is 30.6 Å². The Bertz CT molecular complexity index is 493. The third-order valence-electron chi connectivity index (χ3n) is 3.22. The number of halogens is 1. The van der Waals surface area contributed by atoms with Crippen LogP contribution in [0, 0.1) is 17.1 Å². The number of benzene rings is 1. The predicted molar refractivity (Wildman–Crippen MR) is 65.0 cm³/mol. The molecule has 2 rings (SSSR count). The summed E-state index contributed by atoms with van der Waals surface area (Å²) in [5, 5.41) is 8.98. The second-order valence-electron chi connectivity index (χ2n) is 4.54. The maximum Gasteiger partial charge on any atom is 0.222 e. The molecule has 4 heteroatoms. The molecule has 0 radical (unpaired) electrons. The Hall–Kier alpha value is -1.89. The Balaban J connectivity index is 2.19. The zero-order chi connectivity index (χ0) is 13.0. The lowest BCUT2D eigenvalue weighted by molar-refractivity contribution is -0.131. The highest BCUT2D eigenvalue weighted by molar-refractivity contribution is 5.76. The van der Waals surface area contributed by atoms with E-state index in [0.717, 1.165) is 19.3 Å². The maximum atomic E-state index is 13.2. The van der Waals surface area contributed by atoms with Gasteiger partial charge in [0.25, 0.3) is 0 Å². The van der Waals surface area contributed by atoms with Crippen molar-refractivity contribution in [3.05, 3.63) is 35.1 Å². The Morgan fingerprint density at radius 3 is 2.94 bits per heavy atom. The Labute approximate surface area is 106 Å². The predicted octanol–water partition coefficient (Wildman–Crippen LogP) is 2.60. The van der Waals surface area contributed by atoms with Gasteiger partial charge in [0.15, 0.2) is 0 Å². The fraction of sp³-hybridized carbons (Fsp3) is 0.429. The first-order valence-corrected chi connectivity index (χ1v) is 6.17. The lowest BCUT2D eigenvalue weighted by Gasteiger charge is -2.21. The number of nitriles is 1. The van der Waals surface area contributed by atoms with E-state index in [4.69, 9.17) is 5.26 Å². The molecular weight excluding hydrogens is 231 g/mol. The first-order chi connectivity index (χ1) is 8.70. The molecular formula is C14H15FN2O. The molecule has 1 aliphatic heterocycles. The van der Waals surface area contributed by atoms with Crippen LogP contribution in [0.4, 0.5) is 4.39 Å². The molecule has 1 fully saturated rings. The van der Waals surface area contributed by atoms with Gasteiger partial charge in [-0.25, -0.2) is 4.39 Å². The molecule has 0 bridgehead atoms. The molecule has 0 aliphatic carbocycles. The fourth-order valence-corrected chi connectivity index (χ4v) is 2.21. The van der Waals surface area contributed by atoms with Crippen LogP contribution in [0.1, 0.15) is 36.8 Å². The molecule has 3 nitrogen and oxygen atoms in total. The minimum atomic E-state index is -0.369. The fourth-order valence-electron chi connectivity index (χ4n) is 2.21. The van der Waals surface area contributed by atoms with Gasteiger partial charge in [0.05, 0.1) is 11.6 Å². The van der Waals surface area contributed by atoms with E-state index < -0.39 is 0 Å². The Kier molecular flexibility index (Phi) is 3.93. The van der Waals surface area contributed by atoms with E-state index in [-0.39, 0.29) is 11.7 Å². The quantitative estimate of drug-likeness (QED) is 0.805. The van der Waals surface area contributed by atoms with E-state index in [9.17, 15) is 9.18 Å². The lowest BCUT2D eigenvalue weighted by Crippen LogP contribution is -2.30. The van der Waals surface area contributed by atoms with Crippen LogP contribution in [-0.4, -0.2) is 17.4 Å². The molecule has 0 unspecified atom stereocenters. The van der Waals surface area contributed by atoms with Gasteiger partial charge in [-0.15, -0.1) is 0 Å². The second-order valence-corrected chi connectivity index (χ2v) is 4.54. The van der Waals surface area contributed by atoms with Crippen LogP contribution in [0.5, 0.6) is 0 Å². The standard InChI is InChI=1S/C14H15FN2O/c15-13-6-5-11(9-16)12(8-13)10-17-7-3-1-2-4-14(17)18/h5-6,8H,1-4,7,10H2. The van der Waals surface area contributed by atoms with Gasteiger partial charge in [-0.2, -0.15) is 5.26 Å². The largest absolute Gasteiger partial charge is 0.338 e. The third-order valence-corrected chi connectivity index (χ3v) is 3.22. The van der Waals surface area contributed by atoms with Crippen LogP contribution < -0.4 is 0 Å². The number of carbonyl (C=O) groups excluding carboxylic acids is 1. The summed E-state index contributed by atoms with van der Waals surface area (Å²) in [4.78, 5) is 13.6. The highest BCUT2D eigenvalue weighted by Gasteiger charge is 2.18. The molecule has 0 spiro atoms. The average Bonchev–Trinajstić information content (AvgIpc) is 2.55. The van der Waals surface area contributed by atoms with Crippen molar-refractivity contribution >= 4 is 5.91 Å². The van der Waals surface area contributed by atoms with Crippen molar-refractivity contribution in [2.24, 2.45) is 0 Å². The van der Waals surface area contributed by atoms with Crippen molar-refractivity contribution in [1.82, 2.24) is 4.90 Å². The molecule has 18 heavy (non-hydrogen) atoms. The van der Waals surface area contributed by atoms with E-state index in [2.05, 4.69) is 0 Å². The minimum Gasteiger partial charge on any atom is -0.338 e. The minimum absolute atomic E-state index is 0.0978. The van der Waals surface area contributed by atoms with E-state index in [1.54, 1.807) is 4.90 Å². The number of likely N-dealkylation sites (tertiary alicyclic amines) is 1. The van der Waals surface area contributed by atoms with E-state index in [1.165, 1.54) is 18.2 Å². The maximum absolute atomic E-state index is 13.2. The molecule has 94 valence electrons. The van der Waals surface area contributed by atoms with Crippen molar-refractivity contribution in [3.63, 3.8) is 0 Å². The topological polar surface area (TPSA) is 44.1 Å². The summed E-state index contributed by atoms with van der Waals surface area (Å²) >= 11 is 0. The molecule has 0 saturated carbocycles. The van der Waals surface area contributed by atoms with Crippen molar-refractivity contribution in [1.29, 1.82) is 5.26 Å². The summed E-state index contributed by atoms with van der Waals surface area (Å²) in [6.45, 7) is 1.03. The highest BCUT2D eigenvalue weighted by Crippen LogP contribution is 2.17. The third kappa shape index (κ3) is 2.86. The summed E-state index contributed by atoms with van der Waals surface area (Å²) in [6, 6.07) is 6.12. The summed E-state index contributed by atoms with van der Waals surface area (Å²) in [7, 11) is 0. The van der Waals surface area contributed by atoms with Crippen molar-refractivity contribution in [3.8, 4) is 6.07 Å². The molecule has 1 heterocycles. The zero-order valence-electron chi connectivity index (χ0n) is 10.2. The number of nitrogens with zero attached hydrogens (tertiary/aromatic N) is 2. The highest BCUT2D eigenvalue weighted by atomic mass is 19.1. The second kappa shape index (κ2) is 5.63. The van der Waals surface area contributed by atoms with Gasteiger partial charge < -0.3 is 4.90 Å². The number of carbonyl (C=O) groups is 1. The smallest absolute Gasteiger partial charge is 0.222 e. The van der Waals surface area contributed by atoms with Gasteiger partial charge in [0.1, 0.15) is 5.82 Å². The van der Waals surface area contributed by atoms with Gasteiger partial charge in [-0.05, 0) is 36.6 Å². The van der Waals surface area contributed by atoms with Crippen LogP contribution in [0.25, 0.3) is 0 Å². The van der Waals surface area contributed by atoms with Crippen LogP contribution >= 0.6 is 0 Å². The molecule has 1 aliphatic rings.